The molecule has 0 aliphatic heterocycles. The number of hydrogen-bond acceptors (Lipinski definition) is 1. The standard InChI is InChI=1S/C13H22O/c1-13(2,3)8-10-7-9-5-4-6-11(9)12(10)14/h7,9,11-12,14H,4-6,8H2,1-3H3/t9-,11-,12-/m0/s1. The van der Waals surface area contributed by atoms with Gasteiger partial charge < -0.3 is 5.11 Å². The molecule has 3 atom stereocenters. The molecule has 0 unspecified atom stereocenters. The van der Waals surface area contributed by atoms with Gasteiger partial charge in [0.25, 0.3) is 0 Å². The monoisotopic (exact) mass is 194 g/mol. The van der Waals surface area contributed by atoms with Gasteiger partial charge in [0.15, 0.2) is 0 Å². The summed E-state index contributed by atoms with van der Waals surface area (Å²) in [5.41, 5.74) is 1.62. The summed E-state index contributed by atoms with van der Waals surface area (Å²) in [6.45, 7) is 6.73. The Balaban J connectivity index is 2.07. The van der Waals surface area contributed by atoms with E-state index in [1.807, 2.05) is 0 Å². The largest absolute Gasteiger partial charge is 0.388 e. The smallest absolute Gasteiger partial charge is 0.0784 e. The highest BCUT2D eigenvalue weighted by Gasteiger charge is 2.39. The van der Waals surface area contributed by atoms with Crippen LogP contribution in [0, 0.1) is 17.3 Å². The van der Waals surface area contributed by atoms with Crippen molar-refractivity contribution in [2.75, 3.05) is 0 Å². The van der Waals surface area contributed by atoms with E-state index in [1.54, 1.807) is 0 Å². The predicted molar refractivity (Wildman–Crippen MR) is 59.0 cm³/mol. The molecule has 80 valence electrons. The Hall–Kier alpha value is -0.300. The molecule has 0 heterocycles. The lowest BCUT2D eigenvalue weighted by Gasteiger charge is -2.23. The fourth-order valence-corrected chi connectivity index (χ4v) is 3.04. The van der Waals surface area contributed by atoms with Crippen LogP contribution in [0.25, 0.3) is 0 Å². The SMILES string of the molecule is CC(C)(C)CC1=C[C@@H]2CCC[C@@H]2[C@H]1O. The lowest BCUT2D eigenvalue weighted by molar-refractivity contribution is 0.136. The molecule has 1 heteroatoms. The summed E-state index contributed by atoms with van der Waals surface area (Å²) >= 11 is 0. The van der Waals surface area contributed by atoms with Gasteiger partial charge in [-0.25, -0.2) is 0 Å². The third kappa shape index (κ3) is 1.88. The predicted octanol–water partition coefficient (Wildman–Crippen LogP) is 3.14. The average molecular weight is 194 g/mol. The summed E-state index contributed by atoms with van der Waals surface area (Å²) in [5, 5.41) is 10.2. The molecule has 0 spiro atoms. The lowest BCUT2D eigenvalue weighted by atomic mass is 9.85. The van der Waals surface area contributed by atoms with Crippen molar-refractivity contribution in [1.82, 2.24) is 0 Å². The van der Waals surface area contributed by atoms with E-state index in [-0.39, 0.29) is 6.10 Å². The second-order valence-electron chi connectivity index (χ2n) is 6.18. The van der Waals surface area contributed by atoms with Gasteiger partial charge >= 0.3 is 0 Å². The minimum atomic E-state index is -0.123. The van der Waals surface area contributed by atoms with Crippen LogP contribution < -0.4 is 0 Å². The minimum absolute atomic E-state index is 0.123. The van der Waals surface area contributed by atoms with Gasteiger partial charge in [0.2, 0.25) is 0 Å². The van der Waals surface area contributed by atoms with Crippen molar-refractivity contribution in [3.63, 3.8) is 0 Å². The van der Waals surface area contributed by atoms with Gasteiger partial charge in [-0.1, -0.05) is 33.3 Å². The summed E-state index contributed by atoms with van der Waals surface area (Å²) in [4.78, 5) is 0. The van der Waals surface area contributed by atoms with Gasteiger partial charge in [0, 0.05) is 0 Å². The van der Waals surface area contributed by atoms with Crippen LogP contribution in [0.5, 0.6) is 0 Å². The molecule has 0 amide bonds. The molecular formula is C13H22O. The van der Waals surface area contributed by atoms with Crippen LogP contribution in [-0.4, -0.2) is 11.2 Å². The topological polar surface area (TPSA) is 20.2 Å². The van der Waals surface area contributed by atoms with Crippen molar-refractivity contribution in [3.05, 3.63) is 11.6 Å². The molecule has 0 bridgehead atoms. The second kappa shape index (κ2) is 3.37. The number of aliphatic hydroxyl groups is 1. The van der Waals surface area contributed by atoms with Crippen LogP contribution in [0.2, 0.25) is 0 Å². The second-order valence-corrected chi connectivity index (χ2v) is 6.18. The zero-order chi connectivity index (χ0) is 10.3. The Kier molecular flexibility index (Phi) is 2.46. The fourth-order valence-electron chi connectivity index (χ4n) is 3.04. The van der Waals surface area contributed by atoms with Crippen LogP contribution in [0.4, 0.5) is 0 Å². The average Bonchev–Trinajstić information content (AvgIpc) is 2.55. The van der Waals surface area contributed by atoms with Gasteiger partial charge in [0.1, 0.15) is 0 Å². The van der Waals surface area contributed by atoms with Gasteiger partial charge in [0.05, 0.1) is 6.10 Å². The Morgan fingerprint density at radius 3 is 2.64 bits per heavy atom. The van der Waals surface area contributed by atoms with Crippen molar-refractivity contribution >= 4 is 0 Å². The summed E-state index contributed by atoms with van der Waals surface area (Å²) in [6, 6.07) is 0. The van der Waals surface area contributed by atoms with Gasteiger partial charge in [-0.2, -0.15) is 0 Å². The van der Waals surface area contributed by atoms with E-state index in [2.05, 4.69) is 26.8 Å². The van der Waals surface area contributed by atoms with E-state index >= 15 is 0 Å². The Morgan fingerprint density at radius 1 is 1.36 bits per heavy atom. The van der Waals surface area contributed by atoms with Crippen molar-refractivity contribution in [2.24, 2.45) is 17.3 Å². The van der Waals surface area contributed by atoms with Crippen LogP contribution >= 0.6 is 0 Å². The first-order chi connectivity index (χ1) is 6.47. The summed E-state index contributed by atoms with van der Waals surface area (Å²) < 4.78 is 0. The zero-order valence-corrected chi connectivity index (χ0v) is 9.59. The number of hydrogen-bond donors (Lipinski definition) is 1. The fraction of sp³-hybridized carbons (Fsp3) is 0.846. The van der Waals surface area contributed by atoms with E-state index in [0.29, 0.717) is 17.3 Å². The maximum Gasteiger partial charge on any atom is 0.0784 e. The highest BCUT2D eigenvalue weighted by Crippen LogP contribution is 2.45. The van der Waals surface area contributed by atoms with Crippen LogP contribution in [0.3, 0.4) is 0 Å². The molecule has 2 aliphatic carbocycles. The first-order valence-corrected chi connectivity index (χ1v) is 5.86. The minimum Gasteiger partial charge on any atom is -0.388 e. The maximum absolute atomic E-state index is 10.2. The molecular weight excluding hydrogens is 172 g/mol. The number of fused-ring (bicyclic) bond motifs is 1. The molecule has 2 rings (SSSR count). The highest BCUT2D eigenvalue weighted by molar-refractivity contribution is 5.22. The summed E-state index contributed by atoms with van der Waals surface area (Å²) in [7, 11) is 0. The zero-order valence-electron chi connectivity index (χ0n) is 9.59. The molecule has 0 aromatic carbocycles. The number of aliphatic hydroxyl groups excluding tert-OH is 1. The summed E-state index contributed by atoms with van der Waals surface area (Å²) in [6.07, 6.45) is 7.15. The Labute approximate surface area is 87.2 Å². The number of rotatable bonds is 1. The molecule has 1 nitrogen and oxygen atoms in total. The summed E-state index contributed by atoms with van der Waals surface area (Å²) in [5.74, 6) is 1.26. The first kappa shape index (κ1) is 10.2. The van der Waals surface area contributed by atoms with Gasteiger partial charge in [-0.15, -0.1) is 0 Å². The van der Waals surface area contributed by atoms with Crippen molar-refractivity contribution < 1.29 is 5.11 Å². The van der Waals surface area contributed by atoms with E-state index in [9.17, 15) is 5.11 Å². The Bertz CT molecular complexity index is 246. The molecule has 1 fully saturated rings. The van der Waals surface area contributed by atoms with E-state index in [0.717, 1.165) is 6.42 Å². The molecule has 1 saturated carbocycles. The van der Waals surface area contributed by atoms with Crippen molar-refractivity contribution in [1.29, 1.82) is 0 Å². The Morgan fingerprint density at radius 2 is 2.07 bits per heavy atom. The van der Waals surface area contributed by atoms with Crippen LogP contribution in [-0.2, 0) is 0 Å². The van der Waals surface area contributed by atoms with Crippen LogP contribution in [0.1, 0.15) is 46.5 Å². The van der Waals surface area contributed by atoms with E-state index < -0.39 is 0 Å². The normalized spacial score (nSPS) is 37.1. The maximum atomic E-state index is 10.2. The molecule has 0 saturated heterocycles. The lowest BCUT2D eigenvalue weighted by Crippen LogP contribution is -2.20. The molecule has 2 aliphatic rings. The van der Waals surface area contributed by atoms with Crippen molar-refractivity contribution in [2.45, 2.75) is 52.6 Å². The highest BCUT2D eigenvalue weighted by atomic mass is 16.3. The van der Waals surface area contributed by atoms with Gasteiger partial charge in [-0.05, 0) is 42.1 Å². The van der Waals surface area contributed by atoms with Crippen LogP contribution in [0.15, 0.2) is 11.6 Å². The third-order valence-corrected chi connectivity index (χ3v) is 3.57. The third-order valence-electron chi connectivity index (χ3n) is 3.57. The van der Waals surface area contributed by atoms with Crippen molar-refractivity contribution in [3.8, 4) is 0 Å². The number of allylic oxidation sites excluding steroid dienone is 1. The molecule has 0 aromatic heterocycles. The molecule has 1 N–H and O–H groups in total. The van der Waals surface area contributed by atoms with Gasteiger partial charge in [-0.3, -0.25) is 0 Å². The first-order valence-electron chi connectivity index (χ1n) is 5.86. The molecule has 0 aromatic rings. The quantitative estimate of drug-likeness (QED) is 0.636. The molecule has 0 radical (unpaired) electrons. The molecule has 14 heavy (non-hydrogen) atoms. The van der Waals surface area contributed by atoms with E-state index in [4.69, 9.17) is 0 Å². The van der Waals surface area contributed by atoms with E-state index in [1.165, 1.54) is 24.8 Å².